The van der Waals surface area contributed by atoms with Crippen molar-refractivity contribution in [1.82, 2.24) is 19.8 Å². The molecule has 0 atom stereocenters. The van der Waals surface area contributed by atoms with Crippen LogP contribution in [-0.4, -0.2) is 45.1 Å². The maximum absolute atomic E-state index is 12.7. The van der Waals surface area contributed by atoms with Gasteiger partial charge in [0.15, 0.2) is 5.16 Å². The summed E-state index contributed by atoms with van der Waals surface area (Å²) in [5, 5.41) is 3.51. The largest absolute Gasteiger partial charge is 0.467 e. The number of rotatable bonds is 7. The van der Waals surface area contributed by atoms with Crippen molar-refractivity contribution in [3.8, 4) is 0 Å². The topological polar surface area (TPSA) is 80.4 Å². The third-order valence-corrected chi connectivity index (χ3v) is 5.72. The molecule has 0 radical (unpaired) electrons. The van der Waals surface area contributed by atoms with Crippen LogP contribution in [0.2, 0.25) is 0 Å². The minimum Gasteiger partial charge on any atom is -0.467 e. The number of fused-ring (bicyclic) bond motifs is 1. The van der Waals surface area contributed by atoms with E-state index in [1.165, 1.54) is 11.8 Å². The van der Waals surface area contributed by atoms with Gasteiger partial charge in [0.2, 0.25) is 11.8 Å². The fourth-order valence-corrected chi connectivity index (χ4v) is 4.14. The maximum Gasteiger partial charge on any atom is 0.242 e. The molecule has 1 aliphatic rings. The number of furan rings is 1. The zero-order valence-electron chi connectivity index (χ0n) is 15.5. The lowest BCUT2D eigenvalue weighted by atomic mass is 10.3. The number of nitrogens with zero attached hydrogens (tertiary/aromatic N) is 3. The van der Waals surface area contributed by atoms with E-state index in [1.807, 2.05) is 39.8 Å². The summed E-state index contributed by atoms with van der Waals surface area (Å²) in [4.78, 5) is 31.4. The van der Waals surface area contributed by atoms with Gasteiger partial charge in [-0.1, -0.05) is 23.9 Å². The number of imidazole rings is 1. The number of hydrogen-bond acceptors (Lipinski definition) is 5. The molecule has 0 unspecified atom stereocenters. The van der Waals surface area contributed by atoms with Crippen LogP contribution in [-0.2, 0) is 22.7 Å². The lowest BCUT2D eigenvalue weighted by Gasteiger charge is -2.16. The predicted octanol–water partition coefficient (Wildman–Crippen LogP) is 2.66. The first kappa shape index (κ1) is 18.6. The van der Waals surface area contributed by atoms with E-state index in [9.17, 15) is 9.59 Å². The van der Waals surface area contributed by atoms with E-state index in [4.69, 9.17) is 4.42 Å². The van der Waals surface area contributed by atoms with E-state index in [-0.39, 0.29) is 24.1 Å². The first-order valence-corrected chi connectivity index (χ1v) is 10.3. The molecule has 7 nitrogen and oxygen atoms in total. The molecule has 146 valence electrons. The second-order valence-electron chi connectivity index (χ2n) is 6.70. The molecule has 0 aliphatic carbocycles. The molecule has 0 spiro atoms. The predicted molar refractivity (Wildman–Crippen MR) is 107 cm³/mol. The van der Waals surface area contributed by atoms with E-state index in [0.29, 0.717) is 17.5 Å². The second-order valence-corrected chi connectivity index (χ2v) is 7.64. The van der Waals surface area contributed by atoms with Crippen LogP contribution >= 0.6 is 11.8 Å². The number of likely N-dealkylation sites (tertiary alicyclic amines) is 1. The fourth-order valence-electron chi connectivity index (χ4n) is 3.30. The summed E-state index contributed by atoms with van der Waals surface area (Å²) in [5.41, 5.74) is 1.74. The van der Waals surface area contributed by atoms with Crippen molar-refractivity contribution in [1.29, 1.82) is 0 Å². The van der Waals surface area contributed by atoms with Gasteiger partial charge < -0.3 is 19.2 Å². The molecule has 1 fully saturated rings. The lowest BCUT2D eigenvalue weighted by Crippen LogP contribution is -2.31. The Kier molecular flexibility index (Phi) is 5.66. The number of amides is 2. The summed E-state index contributed by atoms with van der Waals surface area (Å²) >= 11 is 1.34. The summed E-state index contributed by atoms with van der Waals surface area (Å²) in [6, 6.07) is 11.3. The molecule has 2 amide bonds. The minimum atomic E-state index is -0.106. The second kappa shape index (κ2) is 8.52. The van der Waals surface area contributed by atoms with Gasteiger partial charge in [0.05, 0.1) is 29.6 Å². The average molecular weight is 398 g/mol. The van der Waals surface area contributed by atoms with Crippen LogP contribution in [0.3, 0.4) is 0 Å². The molecule has 1 N–H and O–H groups in total. The van der Waals surface area contributed by atoms with Crippen molar-refractivity contribution < 1.29 is 14.0 Å². The number of carbonyl (C=O) groups is 2. The normalized spacial score (nSPS) is 13.9. The Labute approximate surface area is 167 Å². The lowest BCUT2D eigenvalue weighted by molar-refractivity contribution is -0.130. The molecule has 1 saturated heterocycles. The van der Waals surface area contributed by atoms with Crippen molar-refractivity contribution in [3.63, 3.8) is 0 Å². The summed E-state index contributed by atoms with van der Waals surface area (Å²) in [5.74, 6) is 0.930. The van der Waals surface area contributed by atoms with Gasteiger partial charge in [-0.15, -0.1) is 0 Å². The molecule has 4 rings (SSSR count). The van der Waals surface area contributed by atoms with Gasteiger partial charge in [0.1, 0.15) is 12.3 Å². The summed E-state index contributed by atoms with van der Waals surface area (Å²) in [6.45, 7) is 2.25. The highest BCUT2D eigenvalue weighted by molar-refractivity contribution is 7.99. The molecule has 2 aromatic heterocycles. The zero-order valence-corrected chi connectivity index (χ0v) is 16.3. The highest BCUT2D eigenvalue weighted by atomic mass is 32.2. The average Bonchev–Trinajstić information content (AvgIpc) is 3.46. The number of benzene rings is 1. The quantitative estimate of drug-likeness (QED) is 0.619. The Morgan fingerprint density at radius 1 is 1.14 bits per heavy atom. The molecule has 1 aliphatic heterocycles. The van der Waals surface area contributed by atoms with Gasteiger partial charge in [-0.3, -0.25) is 9.59 Å². The Morgan fingerprint density at radius 3 is 2.75 bits per heavy atom. The fraction of sp³-hybridized carbons (Fsp3) is 0.350. The third-order valence-electron chi connectivity index (χ3n) is 4.74. The summed E-state index contributed by atoms with van der Waals surface area (Å²) in [6.07, 6.45) is 3.71. The van der Waals surface area contributed by atoms with Crippen LogP contribution in [0, 0.1) is 0 Å². The van der Waals surface area contributed by atoms with Gasteiger partial charge >= 0.3 is 0 Å². The maximum atomic E-state index is 12.7. The van der Waals surface area contributed by atoms with E-state index in [2.05, 4.69) is 10.3 Å². The van der Waals surface area contributed by atoms with Gasteiger partial charge in [-0.05, 0) is 37.1 Å². The number of nitrogens with one attached hydrogen (secondary N) is 1. The number of aromatic nitrogens is 2. The van der Waals surface area contributed by atoms with Gasteiger partial charge in [0, 0.05) is 13.1 Å². The number of thioether (sulfide) groups is 1. The van der Waals surface area contributed by atoms with Gasteiger partial charge in [-0.25, -0.2) is 4.98 Å². The van der Waals surface area contributed by atoms with Crippen LogP contribution in [0.4, 0.5) is 0 Å². The Morgan fingerprint density at radius 2 is 1.96 bits per heavy atom. The van der Waals surface area contributed by atoms with Crippen molar-refractivity contribution in [2.45, 2.75) is 31.1 Å². The molecule has 0 bridgehead atoms. The molecule has 8 heteroatoms. The van der Waals surface area contributed by atoms with Crippen LogP contribution in [0.25, 0.3) is 11.0 Å². The highest BCUT2D eigenvalue weighted by Gasteiger charge is 2.21. The summed E-state index contributed by atoms with van der Waals surface area (Å²) < 4.78 is 7.14. The molecular weight excluding hydrogens is 376 g/mol. The molecule has 0 saturated carbocycles. The minimum absolute atomic E-state index is 0.102. The number of carbonyl (C=O) groups excluding carboxylic acids is 2. The van der Waals surface area contributed by atoms with Crippen LogP contribution in [0.1, 0.15) is 18.6 Å². The van der Waals surface area contributed by atoms with E-state index >= 15 is 0 Å². The van der Waals surface area contributed by atoms with Crippen molar-refractivity contribution in [2.24, 2.45) is 0 Å². The molecule has 3 heterocycles. The van der Waals surface area contributed by atoms with E-state index < -0.39 is 0 Å². The Bertz CT molecular complexity index is 961. The van der Waals surface area contributed by atoms with E-state index in [1.54, 1.807) is 12.3 Å². The van der Waals surface area contributed by atoms with Crippen molar-refractivity contribution in [3.05, 3.63) is 48.4 Å². The van der Waals surface area contributed by atoms with Crippen molar-refractivity contribution in [2.75, 3.05) is 18.8 Å². The highest BCUT2D eigenvalue weighted by Crippen LogP contribution is 2.24. The van der Waals surface area contributed by atoms with Gasteiger partial charge in [-0.2, -0.15) is 0 Å². The molecule has 1 aromatic carbocycles. The SMILES string of the molecule is O=C(CSc1nc2ccccc2n1CC(=O)N1CCCC1)NCc1ccco1. The first-order valence-electron chi connectivity index (χ1n) is 9.35. The Hall–Kier alpha value is -2.74. The van der Waals surface area contributed by atoms with E-state index in [0.717, 1.165) is 37.0 Å². The van der Waals surface area contributed by atoms with Crippen molar-refractivity contribution >= 4 is 34.6 Å². The number of para-hydroxylation sites is 2. The number of hydrogen-bond donors (Lipinski definition) is 1. The summed E-state index contributed by atoms with van der Waals surface area (Å²) in [7, 11) is 0. The van der Waals surface area contributed by atoms with Crippen LogP contribution in [0.15, 0.2) is 52.2 Å². The smallest absolute Gasteiger partial charge is 0.242 e. The zero-order chi connectivity index (χ0) is 19.3. The molecule has 28 heavy (non-hydrogen) atoms. The molecular formula is C20H22N4O3S. The van der Waals surface area contributed by atoms with Gasteiger partial charge in [0.25, 0.3) is 0 Å². The monoisotopic (exact) mass is 398 g/mol. The van der Waals surface area contributed by atoms with Crippen LogP contribution in [0.5, 0.6) is 0 Å². The standard InChI is InChI=1S/C20H22N4O3S/c25-18(21-12-15-6-5-11-27-15)14-28-20-22-16-7-1-2-8-17(16)24(20)13-19(26)23-9-3-4-10-23/h1-2,5-8,11H,3-4,9-10,12-14H2,(H,21,25). The van der Waals surface area contributed by atoms with Crippen LogP contribution < -0.4 is 5.32 Å². The third kappa shape index (κ3) is 4.22. The molecule has 3 aromatic rings. The Balaban J connectivity index is 1.44. The first-order chi connectivity index (χ1) is 13.7.